The Morgan fingerprint density at radius 3 is 2.74 bits per heavy atom. The third-order valence-corrected chi connectivity index (χ3v) is 5.04. The molecule has 2 aromatic rings. The predicted molar refractivity (Wildman–Crippen MR) is 95.4 cm³/mol. The molecule has 1 aliphatic carbocycles. The van der Waals surface area contributed by atoms with E-state index in [2.05, 4.69) is 15.6 Å². The van der Waals surface area contributed by atoms with Gasteiger partial charge in [0.05, 0.1) is 25.3 Å². The summed E-state index contributed by atoms with van der Waals surface area (Å²) < 4.78 is 15.4. The fourth-order valence-corrected chi connectivity index (χ4v) is 3.44. The van der Waals surface area contributed by atoms with E-state index in [0.717, 1.165) is 18.4 Å². The fourth-order valence-electron chi connectivity index (χ4n) is 3.44. The maximum Gasteiger partial charge on any atom is 0.273 e. The second-order valence-corrected chi connectivity index (χ2v) is 7.25. The molecule has 7 nitrogen and oxygen atoms in total. The highest BCUT2D eigenvalue weighted by Gasteiger charge is 2.41. The maximum atomic E-state index is 13.9. The molecule has 27 heavy (non-hydrogen) atoms. The number of carbonyl (C=O) groups excluding carboxylic acids is 2. The van der Waals surface area contributed by atoms with Gasteiger partial charge in [-0.25, -0.2) is 9.07 Å². The summed E-state index contributed by atoms with van der Waals surface area (Å²) in [5.74, 6) is -0.209. The minimum atomic E-state index is -1.00. The number of carbonyl (C=O) groups is 2. The van der Waals surface area contributed by atoms with Crippen molar-refractivity contribution in [2.45, 2.75) is 44.6 Å². The van der Waals surface area contributed by atoms with Gasteiger partial charge in [0, 0.05) is 18.9 Å². The smallest absolute Gasteiger partial charge is 0.273 e. The van der Waals surface area contributed by atoms with E-state index in [4.69, 9.17) is 0 Å². The highest BCUT2D eigenvalue weighted by Crippen LogP contribution is 2.34. The van der Waals surface area contributed by atoms with Crippen molar-refractivity contribution < 1.29 is 14.0 Å². The molecule has 1 N–H and O–H groups in total. The van der Waals surface area contributed by atoms with Gasteiger partial charge in [0.25, 0.3) is 5.91 Å². The number of rotatable bonds is 6. The van der Waals surface area contributed by atoms with E-state index in [1.165, 1.54) is 4.68 Å². The Balaban J connectivity index is 1.35. The van der Waals surface area contributed by atoms with Gasteiger partial charge in [0.2, 0.25) is 5.91 Å². The fraction of sp³-hybridized carbons (Fsp3) is 0.474. The second kappa shape index (κ2) is 7.46. The van der Waals surface area contributed by atoms with Crippen LogP contribution < -0.4 is 5.32 Å². The predicted octanol–water partition coefficient (Wildman–Crippen LogP) is 1.56. The number of aromatic nitrogens is 3. The molecule has 1 saturated heterocycles. The molecule has 2 fully saturated rings. The first-order valence-electron chi connectivity index (χ1n) is 9.27. The molecule has 2 heterocycles. The van der Waals surface area contributed by atoms with E-state index >= 15 is 0 Å². The van der Waals surface area contributed by atoms with Gasteiger partial charge < -0.3 is 10.2 Å². The van der Waals surface area contributed by atoms with Crippen molar-refractivity contribution in [1.82, 2.24) is 25.2 Å². The third kappa shape index (κ3) is 4.15. The number of amides is 2. The Hall–Kier alpha value is -2.77. The van der Waals surface area contributed by atoms with Crippen LogP contribution in [0.3, 0.4) is 0 Å². The lowest BCUT2D eigenvalue weighted by Crippen LogP contribution is -2.39. The minimum absolute atomic E-state index is 0.0427. The highest BCUT2D eigenvalue weighted by atomic mass is 19.1. The number of nitrogens with zero attached hydrogens (tertiary/aromatic N) is 4. The van der Waals surface area contributed by atoms with Crippen molar-refractivity contribution in [3.05, 3.63) is 47.8 Å². The van der Waals surface area contributed by atoms with Crippen LogP contribution in [0.2, 0.25) is 0 Å². The minimum Gasteiger partial charge on any atom is -0.347 e. The van der Waals surface area contributed by atoms with Gasteiger partial charge >= 0.3 is 0 Å². The maximum absolute atomic E-state index is 13.9. The number of benzene rings is 1. The summed E-state index contributed by atoms with van der Waals surface area (Å²) in [6.45, 7) is 0.902. The molecule has 1 saturated carbocycles. The summed E-state index contributed by atoms with van der Waals surface area (Å²) in [7, 11) is 0. The van der Waals surface area contributed by atoms with Crippen LogP contribution in [-0.4, -0.2) is 50.5 Å². The Bertz CT molecular complexity index is 821. The molecule has 0 radical (unpaired) electrons. The zero-order valence-corrected chi connectivity index (χ0v) is 14.9. The molecule has 0 unspecified atom stereocenters. The molecule has 0 spiro atoms. The second-order valence-electron chi connectivity index (χ2n) is 7.25. The van der Waals surface area contributed by atoms with Crippen LogP contribution in [0, 0.1) is 5.92 Å². The molecule has 1 aliphatic heterocycles. The number of nitrogens with one attached hydrogen (secondary N) is 1. The topological polar surface area (TPSA) is 80.1 Å². The van der Waals surface area contributed by atoms with E-state index in [9.17, 15) is 14.0 Å². The largest absolute Gasteiger partial charge is 0.347 e. The van der Waals surface area contributed by atoms with Gasteiger partial charge in [-0.1, -0.05) is 35.5 Å². The summed E-state index contributed by atoms with van der Waals surface area (Å²) in [6, 6.07) is 9.35. The summed E-state index contributed by atoms with van der Waals surface area (Å²) in [5, 5.41) is 10.7. The van der Waals surface area contributed by atoms with Gasteiger partial charge in [0.1, 0.15) is 6.17 Å². The van der Waals surface area contributed by atoms with Crippen molar-refractivity contribution in [3.63, 3.8) is 0 Å². The average molecular weight is 371 g/mol. The number of likely N-dealkylation sites (tertiary alicyclic amines) is 1. The van der Waals surface area contributed by atoms with E-state index < -0.39 is 6.17 Å². The summed E-state index contributed by atoms with van der Waals surface area (Å²) in [5.41, 5.74) is 1.20. The molecule has 4 rings (SSSR count). The van der Waals surface area contributed by atoms with Crippen LogP contribution in [0.15, 0.2) is 36.5 Å². The lowest BCUT2D eigenvalue weighted by atomic mass is 10.2. The number of hydrogen-bond donors (Lipinski definition) is 1. The molecule has 2 aliphatic rings. The Morgan fingerprint density at radius 1 is 1.22 bits per heavy atom. The molecule has 2 atom stereocenters. The van der Waals surface area contributed by atoms with Crippen LogP contribution >= 0.6 is 0 Å². The van der Waals surface area contributed by atoms with E-state index in [1.807, 2.05) is 30.3 Å². The lowest BCUT2D eigenvalue weighted by molar-refractivity contribution is -0.133. The van der Waals surface area contributed by atoms with Gasteiger partial charge in [0.15, 0.2) is 5.69 Å². The zero-order valence-electron chi connectivity index (χ0n) is 14.9. The molecule has 142 valence electrons. The third-order valence-electron chi connectivity index (χ3n) is 5.04. The van der Waals surface area contributed by atoms with Gasteiger partial charge in [-0.15, -0.1) is 5.10 Å². The van der Waals surface area contributed by atoms with Crippen LogP contribution in [0.25, 0.3) is 0 Å². The Morgan fingerprint density at radius 2 is 2.00 bits per heavy atom. The summed E-state index contributed by atoms with van der Waals surface area (Å²) in [6.07, 6.45) is 2.64. The molecular formula is C19H22FN5O2. The van der Waals surface area contributed by atoms with Crippen molar-refractivity contribution >= 4 is 11.8 Å². The van der Waals surface area contributed by atoms with Crippen molar-refractivity contribution in [2.24, 2.45) is 5.92 Å². The van der Waals surface area contributed by atoms with Crippen molar-refractivity contribution in [1.29, 1.82) is 0 Å². The number of halogens is 1. The average Bonchev–Trinajstić information content (AvgIpc) is 3.32. The molecule has 2 amide bonds. The highest BCUT2D eigenvalue weighted by molar-refractivity contribution is 5.91. The first-order chi connectivity index (χ1) is 13.1. The van der Waals surface area contributed by atoms with Crippen molar-refractivity contribution in [3.8, 4) is 0 Å². The van der Waals surface area contributed by atoms with Crippen LogP contribution in [0.1, 0.15) is 35.3 Å². The monoisotopic (exact) mass is 371 g/mol. The van der Waals surface area contributed by atoms with Gasteiger partial charge in [-0.2, -0.15) is 0 Å². The van der Waals surface area contributed by atoms with E-state index in [1.54, 1.807) is 11.1 Å². The number of hydrogen-bond acceptors (Lipinski definition) is 4. The van der Waals surface area contributed by atoms with E-state index in [0.29, 0.717) is 19.5 Å². The van der Waals surface area contributed by atoms with Crippen LogP contribution in [0.5, 0.6) is 0 Å². The Labute approximate surface area is 156 Å². The number of alkyl halides is 1. The summed E-state index contributed by atoms with van der Waals surface area (Å²) in [4.78, 5) is 26.2. The Kier molecular flexibility index (Phi) is 4.87. The van der Waals surface area contributed by atoms with Crippen LogP contribution in [0.4, 0.5) is 4.39 Å². The lowest BCUT2D eigenvalue weighted by Gasteiger charge is -2.24. The molecule has 0 bridgehead atoms. The first-order valence-corrected chi connectivity index (χ1v) is 9.27. The van der Waals surface area contributed by atoms with E-state index in [-0.39, 0.29) is 36.0 Å². The van der Waals surface area contributed by atoms with Crippen LogP contribution in [-0.2, 0) is 17.9 Å². The molecule has 1 aromatic carbocycles. The normalized spacial score (nSPS) is 22.0. The van der Waals surface area contributed by atoms with Gasteiger partial charge in [-0.3, -0.25) is 9.59 Å². The first kappa shape index (κ1) is 17.6. The zero-order chi connectivity index (χ0) is 18.8. The van der Waals surface area contributed by atoms with Gasteiger partial charge in [-0.05, 0) is 18.4 Å². The molecule has 1 aromatic heterocycles. The summed E-state index contributed by atoms with van der Waals surface area (Å²) >= 11 is 0. The van der Waals surface area contributed by atoms with Crippen molar-refractivity contribution in [2.75, 3.05) is 6.54 Å². The molecular weight excluding hydrogens is 349 g/mol. The molecule has 8 heteroatoms. The standard InChI is InChI=1S/C19H22FN5O2/c20-15-8-16(25(10-15)19(27)14-6-7-14)11-24-12-17(22-23-24)18(26)21-9-13-4-2-1-3-5-13/h1-5,12,14-16H,6-11H2,(H,21,26)/t15-,16-/m0/s1. The quantitative estimate of drug-likeness (QED) is 0.836. The SMILES string of the molecule is O=C(NCc1ccccc1)c1cn(C[C@@H]2C[C@H](F)CN2C(=O)C2CC2)nn1.